The number of thiazole rings is 1. The number of nitrogens with zero attached hydrogens (tertiary/aromatic N) is 3. The number of para-hydroxylation sites is 1. The summed E-state index contributed by atoms with van der Waals surface area (Å²) >= 11 is 3.22. The van der Waals surface area contributed by atoms with Crippen molar-refractivity contribution in [3.63, 3.8) is 0 Å². The van der Waals surface area contributed by atoms with Gasteiger partial charge < -0.3 is 9.47 Å². The van der Waals surface area contributed by atoms with Crippen molar-refractivity contribution in [3.8, 4) is 0 Å². The molecule has 0 saturated heterocycles. The molecular weight excluding hydrogens is 362 g/mol. The molecule has 132 valence electrons. The van der Waals surface area contributed by atoms with E-state index in [0.717, 1.165) is 32.2 Å². The van der Waals surface area contributed by atoms with Crippen molar-refractivity contribution in [2.24, 2.45) is 7.05 Å². The van der Waals surface area contributed by atoms with Crippen LogP contribution in [-0.4, -0.2) is 11.6 Å². The lowest BCUT2D eigenvalue weighted by Crippen LogP contribution is -2.36. The predicted octanol–water partition coefficient (Wildman–Crippen LogP) is 1.89. The van der Waals surface area contributed by atoms with Gasteiger partial charge in [0.1, 0.15) is 20.8 Å². The van der Waals surface area contributed by atoms with Crippen LogP contribution < -0.4 is 24.2 Å². The van der Waals surface area contributed by atoms with Crippen molar-refractivity contribution in [2.75, 3.05) is 11.9 Å². The fraction of sp³-hybridized carbons (Fsp3) is 0.200. The average molecular weight is 383 g/mol. The molecule has 0 atom stereocenters. The third-order valence-electron chi connectivity index (χ3n) is 4.56. The van der Waals surface area contributed by atoms with Crippen molar-refractivity contribution in [3.05, 3.63) is 73.9 Å². The summed E-state index contributed by atoms with van der Waals surface area (Å²) in [5.41, 5.74) is 2.31. The zero-order valence-corrected chi connectivity index (χ0v) is 16.6. The Kier molecular flexibility index (Phi) is 4.46. The number of pyridine rings is 1. The highest BCUT2D eigenvalue weighted by Crippen LogP contribution is 2.44. The molecule has 6 heteroatoms. The summed E-state index contributed by atoms with van der Waals surface area (Å²) in [6.07, 6.45) is 4.15. The van der Waals surface area contributed by atoms with E-state index in [-0.39, 0.29) is 5.56 Å². The Morgan fingerprint density at radius 3 is 2.65 bits per heavy atom. The molecule has 0 amide bonds. The summed E-state index contributed by atoms with van der Waals surface area (Å²) in [4.78, 5) is 16.2. The second-order valence-electron chi connectivity index (χ2n) is 6.12. The van der Waals surface area contributed by atoms with Crippen molar-refractivity contribution in [2.45, 2.75) is 18.4 Å². The molecule has 4 nitrogen and oxygen atoms in total. The first-order chi connectivity index (χ1) is 12.6. The minimum Gasteiger partial charge on any atom is -0.337 e. The second-order valence-corrected chi connectivity index (χ2v) is 8.18. The molecule has 0 aliphatic carbocycles. The highest BCUT2D eigenvalue weighted by molar-refractivity contribution is 8.08. The Labute approximate surface area is 160 Å². The van der Waals surface area contributed by atoms with E-state index < -0.39 is 0 Å². The number of aromatic nitrogens is 2. The van der Waals surface area contributed by atoms with Gasteiger partial charge in [-0.1, -0.05) is 23.9 Å². The molecule has 0 N–H and O–H groups in total. The van der Waals surface area contributed by atoms with Crippen LogP contribution in [0.5, 0.6) is 0 Å². The van der Waals surface area contributed by atoms with Crippen LogP contribution in [0.1, 0.15) is 12.6 Å². The SMILES string of the molecule is CC[n+]1ccccc1C=c1sc(=C2Sc3ccccc3N2C)c(=O)n1C. The monoisotopic (exact) mass is 382 g/mol. The Bertz CT molecular complexity index is 1160. The van der Waals surface area contributed by atoms with E-state index in [1.165, 1.54) is 4.90 Å². The van der Waals surface area contributed by atoms with Crippen LogP contribution in [-0.2, 0) is 13.6 Å². The van der Waals surface area contributed by atoms with Crippen molar-refractivity contribution in [1.29, 1.82) is 0 Å². The highest BCUT2D eigenvalue weighted by atomic mass is 32.2. The fourth-order valence-electron chi connectivity index (χ4n) is 3.07. The van der Waals surface area contributed by atoms with Gasteiger partial charge in [0.2, 0.25) is 5.69 Å². The van der Waals surface area contributed by atoms with Gasteiger partial charge in [-0.2, -0.15) is 4.57 Å². The molecule has 0 bridgehead atoms. The van der Waals surface area contributed by atoms with Crippen molar-refractivity contribution in [1.82, 2.24) is 4.57 Å². The molecule has 1 aliphatic heterocycles. The van der Waals surface area contributed by atoms with E-state index in [0.29, 0.717) is 0 Å². The van der Waals surface area contributed by atoms with E-state index in [4.69, 9.17) is 0 Å². The maximum Gasteiger partial charge on any atom is 0.271 e. The molecule has 0 fully saturated rings. The first kappa shape index (κ1) is 17.1. The molecule has 0 saturated carbocycles. The van der Waals surface area contributed by atoms with Gasteiger partial charge >= 0.3 is 0 Å². The third kappa shape index (κ3) is 2.79. The molecule has 0 spiro atoms. The molecule has 3 heterocycles. The van der Waals surface area contributed by atoms with Crippen LogP contribution in [0.3, 0.4) is 0 Å². The van der Waals surface area contributed by atoms with Crippen LogP contribution >= 0.6 is 23.1 Å². The minimum atomic E-state index is 0.0578. The summed E-state index contributed by atoms with van der Waals surface area (Å²) in [5.74, 6) is 0. The Morgan fingerprint density at radius 1 is 1.12 bits per heavy atom. The molecule has 1 aliphatic rings. The summed E-state index contributed by atoms with van der Waals surface area (Å²) < 4.78 is 5.66. The van der Waals surface area contributed by atoms with Gasteiger partial charge in [0.25, 0.3) is 5.56 Å². The Morgan fingerprint density at radius 2 is 1.88 bits per heavy atom. The van der Waals surface area contributed by atoms with Gasteiger partial charge in [-0.05, 0) is 25.1 Å². The quantitative estimate of drug-likeness (QED) is 0.634. The van der Waals surface area contributed by atoms with Gasteiger partial charge in [0.15, 0.2) is 6.20 Å². The standard InChI is InChI=1S/C20H20N3OS2/c1-4-23-12-8-7-9-14(23)13-17-22(3)19(24)18(26-17)20-21(2)15-10-5-6-11-16(15)25-20/h5-13H,4H2,1-3H3/q+1. The van der Waals surface area contributed by atoms with E-state index in [1.807, 2.05) is 38.4 Å². The number of benzene rings is 1. The Balaban J connectivity index is 1.91. The van der Waals surface area contributed by atoms with Gasteiger partial charge in [0.05, 0.1) is 5.69 Å². The number of aryl methyl sites for hydroxylation is 1. The first-order valence-corrected chi connectivity index (χ1v) is 10.1. The predicted molar refractivity (Wildman–Crippen MR) is 109 cm³/mol. The number of anilines is 1. The maximum atomic E-state index is 12.9. The van der Waals surface area contributed by atoms with E-state index in [2.05, 4.69) is 46.9 Å². The summed E-state index contributed by atoms with van der Waals surface area (Å²) in [6, 6.07) is 14.4. The van der Waals surface area contributed by atoms with E-state index >= 15 is 0 Å². The molecule has 4 rings (SSSR count). The van der Waals surface area contributed by atoms with Crippen LogP contribution in [0.25, 0.3) is 11.1 Å². The van der Waals surface area contributed by atoms with Gasteiger partial charge in [-0.15, -0.1) is 11.3 Å². The van der Waals surface area contributed by atoms with Crippen molar-refractivity contribution >= 4 is 39.9 Å². The maximum absolute atomic E-state index is 12.9. The number of fused-ring (bicyclic) bond motifs is 1. The lowest BCUT2D eigenvalue weighted by Gasteiger charge is -2.11. The van der Waals surface area contributed by atoms with Crippen LogP contribution in [0, 0.1) is 0 Å². The van der Waals surface area contributed by atoms with Gasteiger partial charge in [-0.3, -0.25) is 4.79 Å². The lowest BCUT2D eigenvalue weighted by molar-refractivity contribution is -0.695. The topological polar surface area (TPSA) is 29.1 Å². The second kappa shape index (κ2) is 6.78. The van der Waals surface area contributed by atoms with Gasteiger partial charge in [-0.25, -0.2) is 0 Å². The average Bonchev–Trinajstić information content (AvgIpc) is 3.14. The number of hydrogen-bond donors (Lipinski definition) is 0. The number of hydrogen-bond acceptors (Lipinski definition) is 4. The summed E-state index contributed by atoms with van der Waals surface area (Å²) in [6.45, 7) is 3.01. The molecular formula is C20H20N3OS2+. The molecule has 0 unspecified atom stereocenters. The molecule has 3 aromatic rings. The van der Waals surface area contributed by atoms with Crippen LogP contribution in [0.15, 0.2) is 58.4 Å². The van der Waals surface area contributed by atoms with Crippen molar-refractivity contribution < 1.29 is 4.57 Å². The van der Waals surface area contributed by atoms with Gasteiger partial charge in [0, 0.05) is 37.2 Å². The smallest absolute Gasteiger partial charge is 0.271 e. The van der Waals surface area contributed by atoms with Crippen LogP contribution in [0.2, 0.25) is 0 Å². The third-order valence-corrected chi connectivity index (χ3v) is 7.09. The summed E-state index contributed by atoms with van der Waals surface area (Å²) in [5, 5.41) is 1.01. The largest absolute Gasteiger partial charge is 0.337 e. The van der Waals surface area contributed by atoms with E-state index in [1.54, 1.807) is 27.7 Å². The fourth-order valence-corrected chi connectivity index (χ4v) is 5.45. The lowest BCUT2D eigenvalue weighted by atomic mass is 10.3. The minimum absolute atomic E-state index is 0.0578. The zero-order chi connectivity index (χ0) is 18.3. The Hall–Kier alpha value is -2.31. The first-order valence-electron chi connectivity index (χ1n) is 8.51. The normalized spacial score (nSPS) is 16.3. The zero-order valence-electron chi connectivity index (χ0n) is 15.0. The molecule has 2 aromatic heterocycles. The summed E-state index contributed by atoms with van der Waals surface area (Å²) in [7, 11) is 3.87. The molecule has 26 heavy (non-hydrogen) atoms. The van der Waals surface area contributed by atoms with Crippen LogP contribution in [0.4, 0.5) is 5.69 Å². The molecule has 0 radical (unpaired) electrons. The number of rotatable bonds is 2. The highest BCUT2D eigenvalue weighted by Gasteiger charge is 2.24. The van der Waals surface area contributed by atoms with E-state index in [9.17, 15) is 4.79 Å². The number of thioether (sulfide) groups is 1. The molecule has 1 aromatic carbocycles.